The van der Waals surface area contributed by atoms with E-state index in [0.29, 0.717) is 12.8 Å². The van der Waals surface area contributed by atoms with Crippen LogP contribution in [-0.4, -0.2) is 24.1 Å². The van der Waals surface area contributed by atoms with E-state index in [1.807, 2.05) is 0 Å². The minimum atomic E-state index is 0.0835. The Bertz CT molecular complexity index is 255. The zero-order chi connectivity index (χ0) is 13.3. The van der Waals surface area contributed by atoms with Crippen LogP contribution in [0.1, 0.15) is 46.0 Å². The van der Waals surface area contributed by atoms with Gasteiger partial charge in [-0.05, 0) is 33.1 Å². The molecule has 1 saturated carbocycles. The molecule has 2 atom stereocenters. The van der Waals surface area contributed by atoms with Gasteiger partial charge in [0.1, 0.15) is 24.1 Å². The quantitative estimate of drug-likeness (QED) is 0.686. The van der Waals surface area contributed by atoms with Crippen molar-refractivity contribution < 1.29 is 19.2 Å². The second-order valence-electron chi connectivity index (χ2n) is 4.51. The third kappa shape index (κ3) is 8.48. The molecule has 0 bridgehead atoms. The van der Waals surface area contributed by atoms with Crippen molar-refractivity contribution in [3.8, 4) is 0 Å². The van der Waals surface area contributed by atoms with Gasteiger partial charge in [-0.15, -0.1) is 0 Å². The predicted octanol–water partition coefficient (Wildman–Crippen LogP) is 1.75. The summed E-state index contributed by atoms with van der Waals surface area (Å²) in [6.07, 6.45) is 5.32. The minimum absolute atomic E-state index is 0.0835. The lowest BCUT2D eigenvalue weighted by Gasteiger charge is -1.94. The Kier molecular flexibility index (Phi) is 8.11. The zero-order valence-electron chi connectivity index (χ0n) is 10.5. The van der Waals surface area contributed by atoms with E-state index < -0.39 is 0 Å². The van der Waals surface area contributed by atoms with Crippen LogP contribution < -0.4 is 0 Å². The molecule has 17 heavy (non-hydrogen) atoms. The molecule has 0 aromatic carbocycles. The molecule has 0 N–H and O–H groups in total. The van der Waals surface area contributed by atoms with Crippen LogP contribution in [-0.2, 0) is 19.2 Å². The lowest BCUT2D eigenvalue weighted by atomic mass is 10.1. The molecule has 0 amide bonds. The normalized spacial score (nSPS) is 22.2. The summed E-state index contributed by atoms with van der Waals surface area (Å²) < 4.78 is 0. The molecule has 2 unspecified atom stereocenters. The first-order valence-corrected chi connectivity index (χ1v) is 5.89. The van der Waals surface area contributed by atoms with Gasteiger partial charge in [-0.2, -0.15) is 0 Å². The van der Waals surface area contributed by atoms with E-state index in [1.54, 1.807) is 0 Å². The highest BCUT2D eigenvalue weighted by atomic mass is 16.1. The van der Waals surface area contributed by atoms with Crippen molar-refractivity contribution in [3.05, 3.63) is 0 Å². The van der Waals surface area contributed by atoms with Gasteiger partial charge < -0.3 is 19.2 Å². The van der Waals surface area contributed by atoms with Gasteiger partial charge in [0.05, 0.1) is 0 Å². The molecule has 0 spiro atoms. The molecule has 0 aromatic heterocycles. The number of ketones is 2. The number of hydrogen-bond acceptors (Lipinski definition) is 4. The summed E-state index contributed by atoms with van der Waals surface area (Å²) in [5, 5.41) is 0. The maximum atomic E-state index is 10.2. The van der Waals surface area contributed by atoms with Gasteiger partial charge in [0.25, 0.3) is 0 Å². The number of hydrogen-bond donors (Lipinski definition) is 0. The summed E-state index contributed by atoms with van der Waals surface area (Å²) in [5.41, 5.74) is 0. The first kappa shape index (κ1) is 15.7. The van der Waals surface area contributed by atoms with Crippen LogP contribution >= 0.6 is 0 Å². The summed E-state index contributed by atoms with van der Waals surface area (Å²) in [4.78, 5) is 40.7. The van der Waals surface area contributed by atoms with E-state index in [0.717, 1.165) is 31.8 Å². The summed E-state index contributed by atoms with van der Waals surface area (Å²) in [7, 11) is 0. The average Bonchev–Trinajstić information content (AvgIpc) is 2.75. The Morgan fingerprint density at radius 1 is 0.941 bits per heavy atom. The third-order valence-corrected chi connectivity index (χ3v) is 2.73. The van der Waals surface area contributed by atoms with Gasteiger partial charge in [0.2, 0.25) is 0 Å². The van der Waals surface area contributed by atoms with E-state index in [1.165, 1.54) is 13.8 Å². The number of carbonyl (C=O) groups is 4. The second kappa shape index (κ2) is 8.79. The highest BCUT2D eigenvalue weighted by Crippen LogP contribution is 2.27. The molecule has 1 aliphatic carbocycles. The first-order valence-electron chi connectivity index (χ1n) is 5.89. The highest BCUT2D eigenvalue weighted by Gasteiger charge is 2.22. The van der Waals surface area contributed by atoms with Crippen molar-refractivity contribution in [1.82, 2.24) is 0 Å². The Hall–Kier alpha value is -1.32. The Morgan fingerprint density at radius 3 is 1.47 bits per heavy atom. The third-order valence-electron chi connectivity index (χ3n) is 2.73. The molecule has 0 aromatic rings. The van der Waals surface area contributed by atoms with Crippen LogP contribution in [0.25, 0.3) is 0 Å². The molecule has 4 nitrogen and oxygen atoms in total. The van der Waals surface area contributed by atoms with Crippen LogP contribution in [0.5, 0.6) is 0 Å². The molecule has 0 heterocycles. The smallest absolute Gasteiger partial charge is 0.130 e. The fourth-order valence-electron chi connectivity index (χ4n) is 1.65. The van der Waals surface area contributed by atoms with E-state index >= 15 is 0 Å². The number of Topliss-reactive ketones (excluding diaryl/α,β-unsaturated/α-hetero) is 2. The summed E-state index contributed by atoms with van der Waals surface area (Å²) in [5.74, 6) is 0.501. The molecule has 1 rings (SSSR count). The monoisotopic (exact) mass is 240 g/mol. The minimum Gasteiger partial charge on any atom is -0.303 e. The lowest BCUT2D eigenvalue weighted by molar-refractivity contribution is -0.122. The Morgan fingerprint density at radius 2 is 1.29 bits per heavy atom. The Labute approximate surface area is 102 Å². The summed E-state index contributed by atoms with van der Waals surface area (Å²) in [6.45, 7) is 2.98. The van der Waals surface area contributed by atoms with E-state index in [2.05, 4.69) is 0 Å². The topological polar surface area (TPSA) is 68.3 Å². The summed E-state index contributed by atoms with van der Waals surface area (Å²) >= 11 is 0. The van der Waals surface area contributed by atoms with Crippen molar-refractivity contribution >= 4 is 24.1 Å². The molecule has 0 aliphatic heterocycles. The average molecular weight is 240 g/mol. The highest BCUT2D eigenvalue weighted by molar-refractivity contribution is 5.83. The van der Waals surface area contributed by atoms with E-state index in [4.69, 9.17) is 0 Å². The number of rotatable bonds is 5. The molecular formula is C13H20O4. The largest absolute Gasteiger partial charge is 0.303 e. The number of carbonyl (C=O) groups excluding carboxylic acids is 4. The van der Waals surface area contributed by atoms with Crippen LogP contribution in [0, 0.1) is 11.8 Å². The van der Waals surface area contributed by atoms with Crippen molar-refractivity contribution in [2.45, 2.75) is 46.0 Å². The molecule has 1 aliphatic rings. The van der Waals surface area contributed by atoms with Crippen LogP contribution in [0.4, 0.5) is 0 Å². The van der Waals surface area contributed by atoms with Crippen LogP contribution in [0.2, 0.25) is 0 Å². The van der Waals surface area contributed by atoms with E-state index in [9.17, 15) is 19.2 Å². The molecular weight excluding hydrogens is 220 g/mol. The molecule has 96 valence electrons. The molecule has 0 radical (unpaired) electrons. The van der Waals surface area contributed by atoms with Gasteiger partial charge in [-0.3, -0.25) is 0 Å². The maximum absolute atomic E-state index is 10.2. The standard InChI is InChI=1S/C7H10O2.C6H10O2/c8-4-6-1-2-7(3-6)5-9;1-5(7)3-4-6(2)8/h4-7H,1-3H2;3-4H2,1-2H3. The van der Waals surface area contributed by atoms with Gasteiger partial charge in [0, 0.05) is 24.7 Å². The predicted molar refractivity (Wildman–Crippen MR) is 63.6 cm³/mol. The fourth-order valence-corrected chi connectivity index (χ4v) is 1.65. The molecule has 1 fully saturated rings. The van der Waals surface area contributed by atoms with Crippen LogP contribution in [0.3, 0.4) is 0 Å². The van der Waals surface area contributed by atoms with Crippen molar-refractivity contribution in [3.63, 3.8) is 0 Å². The lowest BCUT2D eigenvalue weighted by Crippen LogP contribution is -1.97. The van der Waals surface area contributed by atoms with Gasteiger partial charge in [0.15, 0.2) is 0 Å². The van der Waals surface area contributed by atoms with Crippen molar-refractivity contribution in [2.75, 3.05) is 0 Å². The van der Waals surface area contributed by atoms with Gasteiger partial charge in [-0.1, -0.05) is 0 Å². The summed E-state index contributed by atoms with van der Waals surface area (Å²) in [6, 6.07) is 0. The Balaban J connectivity index is 0.000000304. The van der Waals surface area contributed by atoms with Crippen LogP contribution in [0.15, 0.2) is 0 Å². The number of aldehydes is 2. The van der Waals surface area contributed by atoms with Crippen molar-refractivity contribution in [1.29, 1.82) is 0 Å². The van der Waals surface area contributed by atoms with E-state index in [-0.39, 0.29) is 23.4 Å². The SMILES string of the molecule is CC(=O)CCC(C)=O.O=CC1CCC(C=O)C1. The zero-order valence-corrected chi connectivity index (χ0v) is 10.5. The second-order valence-corrected chi connectivity index (χ2v) is 4.51. The maximum Gasteiger partial charge on any atom is 0.130 e. The molecule has 4 heteroatoms. The van der Waals surface area contributed by atoms with Gasteiger partial charge >= 0.3 is 0 Å². The fraction of sp³-hybridized carbons (Fsp3) is 0.692. The van der Waals surface area contributed by atoms with Gasteiger partial charge in [-0.25, -0.2) is 0 Å². The molecule has 0 saturated heterocycles. The first-order chi connectivity index (χ1) is 7.99. The van der Waals surface area contributed by atoms with Crippen molar-refractivity contribution in [2.24, 2.45) is 11.8 Å².